The third kappa shape index (κ3) is 3.19. The molecular formula is C14H19NO. The van der Waals surface area contributed by atoms with Crippen LogP contribution < -0.4 is 5.32 Å². The van der Waals surface area contributed by atoms with Crippen LogP contribution in [0.5, 0.6) is 0 Å². The standard InChI is InChI=1S/C14H19NO/c1-14(11-16-12-14)10-15-9-5-8-13-6-3-2-4-7-13/h2-8,15H,9-12H2,1H3. The largest absolute Gasteiger partial charge is 0.380 e. The van der Waals surface area contributed by atoms with Crippen LogP contribution in [0.1, 0.15) is 12.5 Å². The van der Waals surface area contributed by atoms with E-state index in [2.05, 4.69) is 48.7 Å². The normalized spacial score (nSPS) is 18.6. The zero-order chi connectivity index (χ0) is 11.3. The Bertz CT molecular complexity index is 341. The lowest BCUT2D eigenvalue weighted by atomic mass is 9.89. The lowest BCUT2D eigenvalue weighted by Gasteiger charge is -2.38. The molecule has 0 radical (unpaired) electrons. The third-order valence-corrected chi connectivity index (χ3v) is 2.82. The van der Waals surface area contributed by atoms with E-state index in [0.29, 0.717) is 5.41 Å². The molecule has 0 bridgehead atoms. The highest BCUT2D eigenvalue weighted by atomic mass is 16.5. The second kappa shape index (κ2) is 5.28. The molecular weight excluding hydrogens is 198 g/mol. The van der Waals surface area contributed by atoms with E-state index < -0.39 is 0 Å². The highest BCUT2D eigenvalue weighted by molar-refractivity contribution is 5.48. The van der Waals surface area contributed by atoms with Gasteiger partial charge in [-0.1, -0.05) is 49.4 Å². The second-order valence-electron chi connectivity index (χ2n) is 4.75. The van der Waals surface area contributed by atoms with Crippen molar-refractivity contribution >= 4 is 6.08 Å². The minimum Gasteiger partial charge on any atom is -0.380 e. The van der Waals surface area contributed by atoms with Gasteiger partial charge in [0.1, 0.15) is 0 Å². The van der Waals surface area contributed by atoms with Gasteiger partial charge in [-0.15, -0.1) is 0 Å². The summed E-state index contributed by atoms with van der Waals surface area (Å²) >= 11 is 0. The summed E-state index contributed by atoms with van der Waals surface area (Å²) < 4.78 is 5.21. The number of rotatable bonds is 5. The Balaban J connectivity index is 1.66. The van der Waals surface area contributed by atoms with Crippen LogP contribution in [-0.2, 0) is 4.74 Å². The maximum absolute atomic E-state index is 5.21. The lowest BCUT2D eigenvalue weighted by Crippen LogP contribution is -2.47. The summed E-state index contributed by atoms with van der Waals surface area (Å²) in [6.45, 7) is 5.99. The van der Waals surface area contributed by atoms with E-state index in [1.54, 1.807) is 0 Å². The van der Waals surface area contributed by atoms with Crippen LogP contribution in [0.2, 0.25) is 0 Å². The van der Waals surface area contributed by atoms with Crippen LogP contribution in [0.15, 0.2) is 36.4 Å². The van der Waals surface area contributed by atoms with Gasteiger partial charge in [0, 0.05) is 18.5 Å². The summed E-state index contributed by atoms with van der Waals surface area (Å²) in [5, 5.41) is 3.43. The smallest absolute Gasteiger partial charge is 0.0554 e. The zero-order valence-electron chi connectivity index (χ0n) is 9.78. The van der Waals surface area contributed by atoms with Crippen molar-refractivity contribution in [1.82, 2.24) is 5.32 Å². The molecule has 1 fully saturated rings. The molecule has 0 saturated carbocycles. The zero-order valence-corrected chi connectivity index (χ0v) is 9.78. The van der Waals surface area contributed by atoms with Gasteiger partial charge in [0.2, 0.25) is 0 Å². The summed E-state index contributed by atoms with van der Waals surface area (Å²) in [4.78, 5) is 0. The van der Waals surface area contributed by atoms with E-state index in [9.17, 15) is 0 Å². The van der Waals surface area contributed by atoms with Gasteiger partial charge in [-0.2, -0.15) is 0 Å². The highest BCUT2D eigenvalue weighted by Gasteiger charge is 2.32. The van der Waals surface area contributed by atoms with Gasteiger partial charge in [-0.05, 0) is 5.56 Å². The molecule has 1 aliphatic heterocycles. The number of nitrogens with one attached hydrogen (secondary N) is 1. The first-order valence-corrected chi connectivity index (χ1v) is 5.79. The van der Waals surface area contributed by atoms with E-state index in [1.165, 1.54) is 5.56 Å². The molecule has 0 spiro atoms. The van der Waals surface area contributed by atoms with Gasteiger partial charge in [0.25, 0.3) is 0 Å². The molecule has 16 heavy (non-hydrogen) atoms. The monoisotopic (exact) mass is 217 g/mol. The molecule has 1 heterocycles. The fraction of sp³-hybridized carbons (Fsp3) is 0.429. The Morgan fingerprint density at radius 2 is 2.06 bits per heavy atom. The summed E-state index contributed by atoms with van der Waals surface area (Å²) in [5.41, 5.74) is 1.61. The maximum atomic E-state index is 5.21. The quantitative estimate of drug-likeness (QED) is 0.764. The molecule has 1 saturated heterocycles. The molecule has 2 heteroatoms. The lowest BCUT2D eigenvalue weighted by molar-refractivity contribution is -0.0986. The van der Waals surface area contributed by atoms with E-state index in [4.69, 9.17) is 4.74 Å². The van der Waals surface area contributed by atoms with Gasteiger partial charge in [0.05, 0.1) is 13.2 Å². The van der Waals surface area contributed by atoms with Crippen LogP contribution in [0, 0.1) is 5.41 Å². The molecule has 0 unspecified atom stereocenters. The van der Waals surface area contributed by atoms with E-state index in [1.807, 2.05) is 6.07 Å². The van der Waals surface area contributed by atoms with Crippen molar-refractivity contribution in [3.63, 3.8) is 0 Å². The molecule has 1 N–H and O–H groups in total. The average Bonchev–Trinajstić information content (AvgIpc) is 2.28. The number of hydrogen-bond acceptors (Lipinski definition) is 2. The van der Waals surface area contributed by atoms with Crippen LogP contribution in [0.4, 0.5) is 0 Å². The van der Waals surface area contributed by atoms with E-state index >= 15 is 0 Å². The third-order valence-electron chi connectivity index (χ3n) is 2.82. The SMILES string of the molecule is CC1(CNCC=Cc2ccccc2)COC1. The van der Waals surface area contributed by atoms with Crippen molar-refractivity contribution in [2.24, 2.45) is 5.41 Å². The first-order valence-electron chi connectivity index (χ1n) is 5.79. The van der Waals surface area contributed by atoms with Crippen LogP contribution in [-0.4, -0.2) is 26.3 Å². The average molecular weight is 217 g/mol. The molecule has 1 aromatic rings. The Labute approximate surface area is 97.3 Å². The van der Waals surface area contributed by atoms with E-state index in [-0.39, 0.29) is 0 Å². The van der Waals surface area contributed by atoms with Crippen LogP contribution in [0.25, 0.3) is 6.08 Å². The topological polar surface area (TPSA) is 21.3 Å². The van der Waals surface area contributed by atoms with Crippen molar-refractivity contribution in [3.05, 3.63) is 42.0 Å². The van der Waals surface area contributed by atoms with Gasteiger partial charge in [-0.25, -0.2) is 0 Å². The predicted octanol–water partition coefficient (Wildman–Crippen LogP) is 2.33. The fourth-order valence-corrected chi connectivity index (χ4v) is 1.77. The van der Waals surface area contributed by atoms with Gasteiger partial charge in [-0.3, -0.25) is 0 Å². The Hall–Kier alpha value is -1.12. The molecule has 1 aromatic carbocycles. The molecule has 0 aromatic heterocycles. The Kier molecular flexibility index (Phi) is 3.75. The number of benzene rings is 1. The minimum absolute atomic E-state index is 0.362. The second-order valence-corrected chi connectivity index (χ2v) is 4.75. The summed E-state index contributed by atoms with van der Waals surface area (Å²) in [6, 6.07) is 10.4. The van der Waals surface area contributed by atoms with Crippen molar-refractivity contribution in [1.29, 1.82) is 0 Å². The van der Waals surface area contributed by atoms with Crippen LogP contribution >= 0.6 is 0 Å². The van der Waals surface area contributed by atoms with Gasteiger partial charge in [0.15, 0.2) is 0 Å². The summed E-state index contributed by atoms with van der Waals surface area (Å²) in [5.74, 6) is 0. The van der Waals surface area contributed by atoms with E-state index in [0.717, 1.165) is 26.3 Å². The highest BCUT2D eigenvalue weighted by Crippen LogP contribution is 2.24. The van der Waals surface area contributed by atoms with Crippen molar-refractivity contribution in [2.45, 2.75) is 6.92 Å². The molecule has 0 amide bonds. The Morgan fingerprint density at radius 1 is 1.31 bits per heavy atom. The first-order chi connectivity index (χ1) is 7.79. The van der Waals surface area contributed by atoms with Gasteiger partial charge >= 0.3 is 0 Å². The molecule has 2 rings (SSSR count). The molecule has 0 aliphatic carbocycles. The summed E-state index contributed by atoms with van der Waals surface area (Å²) in [6.07, 6.45) is 4.31. The number of hydrogen-bond donors (Lipinski definition) is 1. The predicted molar refractivity (Wildman–Crippen MR) is 67.3 cm³/mol. The van der Waals surface area contributed by atoms with Crippen molar-refractivity contribution in [3.8, 4) is 0 Å². The minimum atomic E-state index is 0.362. The van der Waals surface area contributed by atoms with Gasteiger partial charge < -0.3 is 10.1 Å². The molecule has 2 nitrogen and oxygen atoms in total. The number of ether oxygens (including phenoxy) is 1. The molecule has 1 aliphatic rings. The maximum Gasteiger partial charge on any atom is 0.0554 e. The van der Waals surface area contributed by atoms with Crippen molar-refractivity contribution in [2.75, 3.05) is 26.3 Å². The molecule has 0 atom stereocenters. The summed E-state index contributed by atoms with van der Waals surface area (Å²) in [7, 11) is 0. The molecule has 86 valence electrons. The fourth-order valence-electron chi connectivity index (χ4n) is 1.77. The Morgan fingerprint density at radius 3 is 2.69 bits per heavy atom. The van der Waals surface area contributed by atoms with Crippen LogP contribution in [0.3, 0.4) is 0 Å². The van der Waals surface area contributed by atoms with Crippen molar-refractivity contribution < 1.29 is 4.74 Å². The first kappa shape index (κ1) is 11.4.